The topological polar surface area (TPSA) is 62.3 Å². The predicted octanol–water partition coefficient (Wildman–Crippen LogP) is 1.16. The van der Waals surface area contributed by atoms with E-state index in [1.165, 1.54) is 11.3 Å². The van der Waals surface area contributed by atoms with Crippen LogP contribution in [0.15, 0.2) is 5.38 Å². The van der Waals surface area contributed by atoms with Crippen molar-refractivity contribution in [3.63, 3.8) is 0 Å². The molecule has 1 fully saturated rings. The first kappa shape index (κ1) is 14.3. The third kappa shape index (κ3) is 4.18. The number of hydrogen-bond donors (Lipinski definition) is 1. The van der Waals surface area contributed by atoms with E-state index in [1.807, 2.05) is 5.38 Å². The van der Waals surface area contributed by atoms with Crippen LogP contribution in [0, 0.1) is 0 Å². The molecule has 0 saturated carbocycles. The molecule has 1 aliphatic heterocycles. The van der Waals surface area contributed by atoms with Crippen molar-refractivity contribution in [2.24, 2.45) is 0 Å². The Morgan fingerprint density at radius 3 is 2.79 bits per heavy atom. The number of nitrogens with one attached hydrogen (secondary N) is 1. The Labute approximate surface area is 121 Å². The van der Waals surface area contributed by atoms with E-state index in [0.717, 1.165) is 36.6 Å². The Kier molecular flexibility index (Phi) is 5.15. The van der Waals surface area contributed by atoms with Crippen LogP contribution in [0.3, 0.4) is 0 Å². The van der Waals surface area contributed by atoms with E-state index in [1.54, 1.807) is 4.90 Å². The zero-order valence-corrected chi connectivity index (χ0v) is 12.1. The van der Waals surface area contributed by atoms with Gasteiger partial charge in [0, 0.05) is 18.5 Å². The average Bonchev–Trinajstić information content (AvgIpc) is 3.06. The SMILES string of the molecule is O=C(Cc1nc(CCl)cs1)NCC(=O)N1CCCC1. The Bertz CT molecular complexity index is 458. The molecule has 19 heavy (non-hydrogen) atoms. The molecule has 0 atom stereocenters. The summed E-state index contributed by atoms with van der Waals surface area (Å²) >= 11 is 7.06. The molecule has 0 aliphatic carbocycles. The number of aromatic nitrogens is 1. The van der Waals surface area contributed by atoms with E-state index >= 15 is 0 Å². The van der Waals surface area contributed by atoms with E-state index in [0.29, 0.717) is 5.88 Å². The average molecular weight is 302 g/mol. The smallest absolute Gasteiger partial charge is 0.241 e. The number of alkyl halides is 1. The van der Waals surface area contributed by atoms with Gasteiger partial charge in [0.15, 0.2) is 0 Å². The van der Waals surface area contributed by atoms with Crippen LogP contribution in [0.5, 0.6) is 0 Å². The second-order valence-corrected chi connectivity index (χ2v) is 5.62. The van der Waals surface area contributed by atoms with Gasteiger partial charge in [0.05, 0.1) is 24.5 Å². The van der Waals surface area contributed by atoms with Gasteiger partial charge in [-0.25, -0.2) is 4.98 Å². The molecule has 2 rings (SSSR count). The second-order valence-electron chi connectivity index (χ2n) is 4.41. The summed E-state index contributed by atoms with van der Waals surface area (Å²) < 4.78 is 0. The van der Waals surface area contributed by atoms with Crippen LogP contribution in [0.2, 0.25) is 0 Å². The van der Waals surface area contributed by atoms with Crippen molar-refractivity contribution < 1.29 is 9.59 Å². The van der Waals surface area contributed by atoms with Gasteiger partial charge in [0.25, 0.3) is 0 Å². The lowest BCUT2D eigenvalue weighted by Crippen LogP contribution is -2.39. The van der Waals surface area contributed by atoms with Crippen molar-refractivity contribution in [3.05, 3.63) is 16.1 Å². The lowest BCUT2D eigenvalue weighted by Gasteiger charge is -2.15. The molecule has 1 saturated heterocycles. The first-order chi connectivity index (χ1) is 9.19. The summed E-state index contributed by atoms with van der Waals surface area (Å²) in [5.41, 5.74) is 0.780. The van der Waals surface area contributed by atoms with Gasteiger partial charge in [-0.3, -0.25) is 9.59 Å². The number of rotatable bonds is 5. The number of carbonyl (C=O) groups excluding carboxylic acids is 2. The zero-order valence-electron chi connectivity index (χ0n) is 10.5. The number of amides is 2. The van der Waals surface area contributed by atoms with Gasteiger partial charge in [-0.15, -0.1) is 22.9 Å². The second kappa shape index (κ2) is 6.86. The molecule has 1 aromatic heterocycles. The Morgan fingerprint density at radius 1 is 1.42 bits per heavy atom. The van der Waals surface area contributed by atoms with Gasteiger partial charge in [-0.2, -0.15) is 0 Å². The minimum atomic E-state index is -0.178. The largest absolute Gasteiger partial charge is 0.347 e. The molecule has 0 spiro atoms. The first-order valence-corrected chi connectivity index (χ1v) is 7.64. The molecule has 0 radical (unpaired) electrons. The summed E-state index contributed by atoms with van der Waals surface area (Å²) in [6.45, 7) is 1.69. The summed E-state index contributed by atoms with van der Waals surface area (Å²) in [5.74, 6) is 0.167. The molecule has 0 bridgehead atoms. The highest BCUT2D eigenvalue weighted by molar-refractivity contribution is 7.09. The summed E-state index contributed by atoms with van der Waals surface area (Å²) in [6, 6.07) is 0. The van der Waals surface area contributed by atoms with Gasteiger partial charge in [0.1, 0.15) is 5.01 Å². The fourth-order valence-corrected chi connectivity index (χ4v) is 2.96. The van der Waals surface area contributed by atoms with Crippen molar-refractivity contribution in [2.45, 2.75) is 25.1 Å². The van der Waals surface area contributed by atoms with Crippen molar-refractivity contribution in [1.29, 1.82) is 0 Å². The zero-order chi connectivity index (χ0) is 13.7. The van der Waals surface area contributed by atoms with E-state index in [4.69, 9.17) is 11.6 Å². The van der Waals surface area contributed by atoms with E-state index in [9.17, 15) is 9.59 Å². The van der Waals surface area contributed by atoms with Gasteiger partial charge < -0.3 is 10.2 Å². The highest BCUT2D eigenvalue weighted by atomic mass is 35.5. The van der Waals surface area contributed by atoms with Gasteiger partial charge in [0.2, 0.25) is 11.8 Å². The predicted molar refractivity (Wildman–Crippen MR) is 74.2 cm³/mol. The molecule has 2 amide bonds. The molecule has 104 valence electrons. The Morgan fingerprint density at radius 2 is 2.16 bits per heavy atom. The van der Waals surface area contributed by atoms with Crippen LogP contribution in [0.25, 0.3) is 0 Å². The van der Waals surface area contributed by atoms with Crippen LogP contribution in [-0.4, -0.2) is 41.3 Å². The molecular weight excluding hydrogens is 286 g/mol. The first-order valence-electron chi connectivity index (χ1n) is 6.23. The highest BCUT2D eigenvalue weighted by Crippen LogP contribution is 2.12. The number of carbonyl (C=O) groups is 2. The lowest BCUT2D eigenvalue weighted by molar-refractivity contribution is -0.131. The third-order valence-corrected chi connectivity index (χ3v) is 4.12. The molecule has 7 heteroatoms. The number of thiazole rings is 1. The summed E-state index contributed by atoms with van der Waals surface area (Å²) in [7, 11) is 0. The maximum atomic E-state index is 11.7. The standard InChI is InChI=1S/C12H16ClN3O2S/c13-6-9-8-19-11(15-9)5-10(17)14-7-12(18)16-3-1-2-4-16/h8H,1-7H2,(H,14,17). The summed E-state index contributed by atoms with van der Waals surface area (Å²) in [4.78, 5) is 29.4. The molecule has 2 heterocycles. The van der Waals surface area contributed by atoms with Gasteiger partial charge in [-0.1, -0.05) is 0 Å². The Hall–Kier alpha value is -1.14. The van der Waals surface area contributed by atoms with Crippen LogP contribution in [0.1, 0.15) is 23.5 Å². The minimum Gasteiger partial charge on any atom is -0.347 e. The van der Waals surface area contributed by atoms with Crippen molar-refractivity contribution >= 4 is 34.8 Å². The van der Waals surface area contributed by atoms with Crippen LogP contribution >= 0.6 is 22.9 Å². The third-order valence-electron chi connectivity index (χ3n) is 2.94. The number of nitrogens with zero attached hydrogens (tertiary/aromatic N) is 2. The van der Waals surface area contributed by atoms with Crippen molar-refractivity contribution in [2.75, 3.05) is 19.6 Å². The number of likely N-dealkylation sites (tertiary alicyclic amines) is 1. The molecule has 1 aromatic rings. The number of halogens is 1. The molecule has 1 aliphatic rings. The quantitative estimate of drug-likeness (QED) is 0.830. The lowest BCUT2D eigenvalue weighted by atomic mass is 10.4. The summed E-state index contributed by atoms with van der Waals surface area (Å²) in [6.07, 6.45) is 2.31. The molecule has 0 unspecified atom stereocenters. The Balaban J connectivity index is 1.73. The van der Waals surface area contributed by atoms with E-state index in [-0.39, 0.29) is 24.8 Å². The van der Waals surface area contributed by atoms with Gasteiger partial charge in [-0.05, 0) is 12.8 Å². The van der Waals surface area contributed by atoms with E-state index in [2.05, 4.69) is 10.3 Å². The minimum absolute atomic E-state index is 0.00793. The number of hydrogen-bond acceptors (Lipinski definition) is 4. The maximum absolute atomic E-state index is 11.7. The van der Waals surface area contributed by atoms with Crippen LogP contribution in [0.4, 0.5) is 0 Å². The fraction of sp³-hybridized carbons (Fsp3) is 0.583. The fourth-order valence-electron chi connectivity index (χ4n) is 1.94. The van der Waals surface area contributed by atoms with E-state index < -0.39 is 0 Å². The molecular formula is C12H16ClN3O2S. The molecule has 1 N–H and O–H groups in total. The van der Waals surface area contributed by atoms with Crippen LogP contribution < -0.4 is 5.32 Å². The summed E-state index contributed by atoms with van der Waals surface area (Å²) in [5, 5.41) is 5.20. The van der Waals surface area contributed by atoms with Crippen LogP contribution in [-0.2, 0) is 21.9 Å². The highest BCUT2D eigenvalue weighted by Gasteiger charge is 2.18. The van der Waals surface area contributed by atoms with Gasteiger partial charge >= 0.3 is 0 Å². The molecule has 0 aromatic carbocycles. The maximum Gasteiger partial charge on any atom is 0.241 e. The normalized spacial score (nSPS) is 14.7. The van der Waals surface area contributed by atoms with Crippen molar-refractivity contribution in [1.82, 2.24) is 15.2 Å². The van der Waals surface area contributed by atoms with Crippen molar-refractivity contribution in [3.8, 4) is 0 Å². The molecule has 5 nitrogen and oxygen atoms in total. The monoisotopic (exact) mass is 301 g/mol.